The average Bonchev–Trinajstić information content (AvgIpc) is 3.56. The highest BCUT2D eigenvalue weighted by molar-refractivity contribution is 7.88. The number of carbonyl (C=O) groups is 2. The fraction of sp³-hybridized carbons (Fsp3) is 0.444. The fourth-order valence-corrected chi connectivity index (χ4v) is 7.40. The van der Waals surface area contributed by atoms with Crippen LogP contribution in [-0.2, 0) is 38.2 Å². The normalized spacial score (nSPS) is 17.0. The molecule has 2 aromatic heterocycles. The van der Waals surface area contributed by atoms with Crippen molar-refractivity contribution in [2.45, 2.75) is 50.7 Å². The van der Waals surface area contributed by atoms with Gasteiger partial charge in [-0.25, -0.2) is 23.0 Å². The zero-order valence-electron chi connectivity index (χ0n) is 24.0. The molecule has 10 nitrogen and oxygen atoms in total. The SMILES string of the molecule is Cc1ccc(CN2CCC3(CC2)c2ncc(-c4ccccc4)n2CCN3S(C)(=O)=O)s1.O=C(O)C(F)(F)F.O=C(O)C(F)(F)F. The van der Waals surface area contributed by atoms with Crippen molar-refractivity contribution < 1.29 is 54.6 Å². The van der Waals surface area contributed by atoms with E-state index in [-0.39, 0.29) is 0 Å². The van der Waals surface area contributed by atoms with E-state index in [0.29, 0.717) is 13.1 Å². The third kappa shape index (κ3) is 9.05. The smallest absolute Gasteiger partial charge is 0.475 e. The Kier molecular flexibility index (Phi) is 11.1. The van der Waals surface area contributed by atoms with Crippen LogP contribution in [0.3, 0.4) is 0 Å². The van der Waals surface area contributed by atoms with Crippen molar-refractivity contribution in [2.75, 3.05) is 25.9 Å². The third-order valence-corrected chi connectivity index (χ3v) is 9.41. The van der Waals surface area contributed by atoms with Crippen molar-refractivity contribution in [1.29, 1.82) is 0 Å². The maximum Gasteiger partial charge on any atom is 0.490 e. The summed E-state index contributed by atoms with van der Waals surface area (Å²) in [5.41, 5.74) is 1.62. The van der Waals surface area contributed by atoms with E-state index in [2.05, 4.69) is 40.7 Å². The van der Waals surface area contributed by atoms with Gasteiger partial charge in [0.05, 0.1) is 23.7 Å². The molecule has 1 saturated heterocycles. The lowest BCUT2D eigenvalue weighted by Gasteiger charge is -2.49. The van der Waals surface area contributed by atoms with E-state index in [1.54, 1.807) is 4.31 Å². The molecule has 1 spiro atoms. The molecule has 0 radical (unpaired) electrons. The Balaban J connectivity index is 0.000000331. The van der Waals surface area contributed by atoms with Crippen LogP contribution in [0.5, 0.6) is 0 Å². The number of rotatable bonds is 4. The van der Waals surface area contributed by atoms with Crippen molar-refractivity contribution in [3.63, 3.8) is 0 Å². The first-order valence-corrected chi connectivity index (χ1v) is 15.9. The second-order valence-corrected chi connectivity index (χ2v) is 13.5. The summed E-state index contributed by atoms with van der Waals surface area (Å²) < 4.78 is 93.0. The molecule has 4 heterocycles. The number of likely N-dealkylation sites (tertiary alicyclic amines) is 1. The Bertz CT molecular complexity index is 1560. The van der Waals surface area contributed by atoms with Crippen LogP contribution in [0.15, 0.2) is 48.7 Å². The molecule has 2 N–H and O–H groups in total. The highest BCUT2D eigenvalue weighted by atomic mass is 32.2. The fourth-order valence-electron chi connectivity index (χ4n) is 5.16. The standard InChI is InChI=1S/C23H28N4O2S2.2C2HF3O2/c1-18-8-9-20(30-18)17-25-12-10-23(11-13-25)22-24-16-21(19-6-4-3-5-7-19)26(22)14-15-27(23)31(2,28)29;2*3-2(4,5)1(6)7/h3-9,16H,10-15,17H2,1-2H3;2*(H,6,7). The number of carboxylic acid groups (broad SMARTS) is 2. The monoisotopic (exact) mass is 684 g/mol. The molecule has 0 aliphatic carbocycles. The molecule has 2 aliphatic heterocycles. The predicted molar refractivity (Wildman–Crippen MR) is 152 cm³/mol. The zero-order chi connectivity index (χ0) is 33.8. The van der Waals surface area contributed by atoms with Crippen molar-refractivity contribution in [2.24, 2.45) is 0 Å². The first-order chi connectivity index (χ1) is 20.8. The van der Waals surface area contributed by atoms with Crippen LogP contribution in [0, 0.1) is 6.92 Å². The molecule has 18 heteroatoms. The summed E-state index contributed by atoms with van der Waals surface area (Å²) in [6, 6.07) is 14.6. The lowest BCUT2D eigenvalue weighted by Crippen LogP contribution is -2.59. The summed E-state index contributed by atoms with van der Waals surface area (Å²) >= 11 is 1.84. The van der Waals surface area contributed by atoms with Crippen molar-refractivity contribution in [3.8, 4) is 11.3 Å². The van der Waals surface area contributed by atoms with Crippen LogP contribution in [0.1, 0.15) is 28.4 Å². The van der Waals surface area contributed by atoms with Crippen LogP contribution in [0.2, 0.25) is 0 Å². The van der Waals surface area contributed by atoms with E-state index >= 15 is 0 Å². The molecule has 5 rings (SSSR count). The first kappa shape index (κ1) is 36.0. The topological polar surface area (TPSA) is 133 Å². The lowest BCUT2D eigenvalue weighted by atomic mass is 9.85. The number of halogens is 6. The van der Waals surface area contributed by atoms with Crippen molar-refractivity contribution >= 4 is 33.3 Å². The van der Waals surface area contributed by atoms with Crippen molar-refractivity contribution in [1.82, 2.24) is 18.8 Å². The highest BCUT2D eigenvalue weighted by Crippen LogP contribution is 2.44. The summed E-state index contributed by atoms with van der Waals surface area (Å²) in [4.78, 5) is 27.8. The number of benzene rings is 1. The number of hydrogen-bond acceptors (Lipinski definition) is 7. The minimum absolute atomic E-state index is 0.492. The molecule has 1 aromatic carbocycles. The average molecular weight is 685 g/mol. The number of imidazole rings is 1. The maximum atomic E-state index is 12.8. The van der Waals surface area contributed by atoms with Gasteiger partial charge in [0.2, 0.25) is 10.0 Å². The summed E-state index contributed by atoms with van der Waals surface area (Å²) in [5.74, 6) is -4.62. The van der Waals surface area contributed by atoms with Gasteiger partial charge in [-0.3, -0.25) is 4.90 Å². The Morgan fingerprint density at radius 2 is 1.44 bits per heavy atom. The predicted octanol–water partition coefficient (Wildman–Crippen LogP) is 4.95. The molecule has 0 bridgehead atoms. The Hall–Kier alpha value is -3.48. The van der Waals surface area contributed by atoms with E-state index in [1.807, 2.05) is 35.7 Å². The Morgan fingerprint density at radius 3 is 1.89 bits per heavy atom. The van der Waals surface area contributed by atoms with Gasteiger partial charge in [-0.15, -0.1) is 11.3 Å². The Labute approximate surface area is 258 Å². The van der Waals surface area contributed by atoms with Gasteiger partial charge in [0.15, 0.2) is 0 Å². The summed E-state index contributed by atoms with van der Waals surface area (Å²) in [6.07, 6.45) is -5.39. The van der Waals surface area contributed by atoms with Gasteiger partial charge in [-0.05, 0) is 37.5 Å². The molecular weight excluding hydrogens is 654 g/mol. The van der Waals surface area contributed by atoms with Crippen LogP contribution >= 0.6 is 11.3 Å². The third-order valence-electron chi connectivity index (χ3n) is 7.09. The molecular formula is C27H30F6N4O6S2. The maximum absolute atomic E-state index is 12.8. The second kappa shape index (κ2) is 13.9. The van der Waals surface area contributed by atoms with Gasteiger partial charge < -0.3 is 14.8 Å². The molecule has 248 valence electrons. The second-order valence-electron chi connectivity index (χ2n) is 10.2. The number of carboxylic acids is 2. The first-order valence-electron chi connectivity index (χ1n) is 13.2. The minimum Gasteiger partial charge on any atom is -0.475 e. The number of aryl methyl sites for hydroxylation is 1. The number of hydrogen-bond donors (Lipinski definition) is 2. The number of alkyl halides is 6. The number of aliphatic carboxylic acids is 2. The molecule has 1 fully saturated rings. The number of aromatic nitrogens is 2. The summed E-state index contributed by atoms with van der Waals surface area (Å²) in [6.45, 7) is 5.90. The van der Waals surface area contributed by atoms with E-state index in [9.17, 15) is 34.8 Å². The van der Waals surface area contributed by atoms with Gasteiger partial charge in [0.1, 0.15) is 5.82 Å². The highest BCUT2D eigenvalue weighted by Gasteiger charge is 2.50. The van der Waals surface area contributed by atoms with E-state index in [0.717, 1.165) is 49.6 Å². The van der Waals surface area contributed by atoms with Crippen LogP contribution < -0.4 is 0 Å². The van der Waals surface area contributed by atoms with Crippen LogP contribution in [-0.4, -0.2) is 87.6 Å². The largest absolute Gasteiger partial charge is 0.490 e. The van der Waals surface area contributed by atoms with Gasteiger partial charge in [0.25, 0.3) is 0 Å². The van der Waals surface area contributed by atoms with Gasteiger partial charge in [0, 0.05) is 42.5 Å². The van der Waals surface area contributed by atoms with Crippen molar-refractivity contribution in [3.05, 3.63) is 64.2 Å². The molecule has 2 aliphatic rings. The number of nitrogens with zero attached hydrogens (tertiary/aromatic N) is 4. The van der Waals surface area contributed by atoms with Gasteiger partial charge >= 0.3 is 24.3 Å². The molecule has 3 aromatic rings. The zero-order valence-corrected chi connectivity index (χ0v) is 25.6. The molecule has 0 unspecified atom stereocenters. The lowest BCUT2D eigenvalue weighted by molar-refractivity contribution is -0.193. The number of fused-ring (bicyclic) bond motifs is 2. The number of sulfonamides is 1. The quantitative estimate of drug-likeness (QED) is 0.369. The van der Waals surface area contributed by atoms with E-state index in [4.69, 9.17) is 24.8 Å². The molecule has 0 saturated carbocycles. The van der Waals surface area contributed by atoms with E-state index < -0.39 is 39.9 Å². The number of piperidine rings is 1. The van der Waals surface area contributed by atoms with E-state index in [1.165, 1.54) is 16.0 Å². The summed E-state index contributed by atoms with van der Waals surface area (Å²) in [5, 5.41) is 14.2. The van der Waals surface area contributed by atoms with Gasteiger partial charge in [-0.2, -0.15) is 30.6 Å². The van der Waals surface area contributed by atoms with Crippen LogP contribution in [0.4, 0.5) is 26.3 Å². The molecule has 45 heavy (non-hydrogen) atoms. The van der Waals surface area contributed by atoms with Gasteiger partial charge in [-0.1, -0.05) is 30.3 Å². The summed E-state index contributed by atoms with van der Waals surface area (Å²) in [7, 11) is -3.34. The Morgan fingerprint density at radius 1 is 0.911 bits per heavy atom. The number of thiophene rings is 1. The minimum atomic E-state index is -5.08. The molecule has 0 amide bonds. The van der Waals surface area contributed by atoms with Crippen LogP contribution in [0.25, 0.3) is 11.3 Å². The molecule has 0 atom stereocenters.